The van der Waals surface area contributed by atoms with Crippen LogP contribution in [0.25, 0.3) is 0 Å². The number of hydrogen-bond acceptors (Lipinski definition) is 2. The van der Waals surface area contributed by atoms with Gasteiger partial charge in [0.2, 0.25) is 0 Å². The molecule has 0 unspecified atom stereocenters. The molecular formula is C9H17NO. The van der Waals surface area contributed by atoms with Gasteiger partial charge in [-0.05, 0) is 25.2 Å². The lowest BCUT2D eigenvalue weighted by molar-refractivity contribution is 0.210. The Hall–Kier alpha value is -0.530. The molecule has 1 aliphatic rings. The van der Waals surface area contributed by atoms with Crippen LogP contribution in [-0.2, 0) is 4.84 Å². The predicted molar refractivity (Wildman–Crippen MR) is 46.6 cm³/mol. The minimum atomic E-state index is 0.699. The summed E-state index contributed by atoms with van der Waals surface area (Å²) in [5.41, 5.74) is 1.27. The molecule has 0 aromatic heterocycles. The van der Waals surface area contributed by atoms with Crippen molar-refractivity contribution in [2.75, 3.05) is 7.11 Å². The standard InChI is InChI=1S/C9H17NO/c1-7(2)6-9(10-11-3)8-4-5-8/h7-8H,4-6H2,1-3H3/b10-9-. The second-order valence-electron chi connectivity index (χ2n) is 3.64. The van der Waals surface area contributed by atoms with Crippen LogP contribution in [0.5, 0.6) is 0 Å². The Kier molecular flexibility index (Phi) is 2.92. The van der Waals surface area contributed by atoms with Gasteiger partial charge in [-0.15, -0.1) is 0 Å². The van der Waals surface area contributed by atoms with Gasteiger partial charge in [0, 0.05) is 5.92 Å². The van der Waals surface area contributed by atoms with Gasteiger partial charge in [0.1, 0.15) is 7.11 Å². The Morgan fingerprint density at radius 1 is 1.55 bits per heavy atom. The van der Waals surface area contributed by atoms with Crippen LogP contribution in [0, 0.1) is 11.8 Å². The van der Waals surface area contributed by atoms with Gasteiger partial charge >= 0.3 is 0 Å². The summed E-state index contributed by atoms with van der Waals surface area (Å²) in [6, 6.07) is 0. The van der Waals surface area contributed by atoms with Gasteiger partial charge in [-0.25, -0.2) is 0 Å². The molecule has 0 amide bonds. The highest BCUT2D eigenvalue weighted by atomic mass is 16.6. The smallest absolute Gasteiger partial charge is 0.106 e. The first-order valence-electron chi connectivity index (χ1n) is 4.34. The first kappa shape index (κ1) is 8.57. The Labute approximate surface area is 68.6 Å². The third-order valence-corrected chi connectivity index (χ3v) is 1.87. The Morgan fingerprint density at radius 3 is 2.55 bits per heavy atom. The van der Waals surface area contributed by atoms with E-state index in [-0.39, 0.29) is 0 Å². The van der Waals surface area contributed by atoms with Crippen LogP contribution in [0.2, 0.25) is 0 Å². The van der Waals surface area contributed by atoms with Crippen molar-refractivity contribution in [3.63, 3.8) is 0 Å². The van der Waals surface area contributed by atoms with E-state index in [1.165, 1.54) is 18.6 Å². The molecule has 0 atom stereocenters. The molecule has 0 spiro atoms. The molecule has 0 N–H and O–H groups in total. The van der Waals surface area contributed by atoms with Gasteiger partial charge in [-0.1, -0.05) is 19.0 Å². The maximum Gasteiger partial charge on any atom is 0.106 e. The van der Waals surface area contributed by atoms with Crippen LogP contribution in [0.4, 0.5) is 0 Å². The average molecular weight is 155 g/mol. The predicted octanol–water partition coefficient (Wildman–Crippen LogP) is 2.44. The van der Waals surface area contributed by atoms with Crippen molar-refractivity contribution in [3.05, 3.63) is 0 Å². The monoisotopic (exact) mass is 155 g/mol. The van der Waals surface area contributed by atoms with Gasteiger partial charge in [0.25, 0.3) is 0 Å². The molecule has 64 valence electrons. The summed E-state index contributed by atoms with van der Waals surface area (Å²) in [5, 5.41) is 4.04. The highest BCUT2D eigenvalue weighted by molar-refractivity contribution is 5.88. The molecule has 0 aromatic carbocycles. The second kappa shape index (κ2) is 3.74. The molecule has 1 saturated carbocycles. The van der Waals surface area contributed by atoms with E-state index in [2.05, 4.69) is 19.0 Å². The molecule has 1 fully saturated rings. The SMILES string of the molecule is CO/N=C(/CC(C)C)C1CC1. The minimum Gasteiger partial charge on any atom is -0.399 e. The molecule has 0 bridgehead atoms. The lowest BCUT2D eigenvalue weighted by atomic mass is 10.0. The topological polar surface area (TPSA) is 21.6 Å². The largest absolute Gasteiger partial charge is 0.399 e. The molecule has 1 rings (SSSR count). The van der Waals surface area contributed by atoms with Crippen molar-refractivity contribution >= 4 is 5.71 Å². The van der Waals surface area contributed by atoms with Crippen molar-refractivity contribution in [2.45, 2.75) is 33.1 Å². The second-order valence-corrected chi connectivity index (χ2v) is 3.64. The summed E-state index contributed by atoms with van der Waals surface area (Å²) < 4.78 is 0. The van der Waals surface area contributed by atoms with Crippen molar-refractivity contribution in [3.8, 4) is 0 Å². The summed E-state index contributed by atoms with van der Waals surface area (Å²) in [7, 11) is 1.63. The van der Waals surface area contributed by atoms with Gasteiger partial charge in [0.15, 0.2) is 0 Å². The van der Waals surface area contributed by atoms with E-state index in [9.17, 15) is 0 Å². The normalized spacial score (nSPS) is 19.1. The maximum absolute atomic E-state index is 4.79. The zero-order valence-electron chi connectivity index (χ0n) is 7.63. The lowest BCUT2D eigenvalue weighted by Gasteiger charge is -2.05. The summed E-state index contributed by atoms with van der Waals surface area (Å²) in [4.78, 5) is 4.79. The van der Waals surface area contributed by atoms with E-state index >= 15 is 0 Å². The molecular weight excluding hydrogens is 138 g/mol. The first-order valence-corrected chi connectivity index (χ1v) is 4.34. The fourth-order valence-corrected chi connectivity index (χ4v) is 1.23. The van der Waals surface area contributed by atoms with Gasteiger partial charge < -0.3 is 4.84 Å². The van der Waals surface area contributed by atoms with Gasteiger partial charge in [-0.2, -0.15) is 0 Å². The van der Waals surface area contributed by atoms with E-state index in [0.29, 0.717) is 5.92 Å². The Balaban J connectivity index is 2.38. The summed E-state index contributed by atoms with van der Waals surface area (Å²) in [6.07, 6.45) is 3.72. The highest BCUT2D eigenvalue weighted by Gasteiger charge is 2.28. The van der Waals surface area contributed by atoms with Crippen molar-refractivity contribution in [1.82, 2.24) is 0 Å². The number of nitrogens with zero attached hydrogens (tertiary/aromatic N) is 1. The zero-order valence-corrected chi connectivity index (χ0v) is 7.63. The van der Waals surface area contributed by atoms with E-state index < -0.39 is 0 Å². The Bertz CT molecular complexity index is 148. The number of hydrogen-bond donors (Lipinski definition) is 0. The molecule has 1 aliphatic carbocycles. The van der Waals surface area contributed by atoms with Crippen LogP contribution in [0.1, 0.15) is 33.1 Å². The average Bonchev–Trinajstić information content (AvgIpc) is 2.66. The van der Waals surface area contributed by atoms with Gasteiger partial charge in [0.05, 0.1) is 5.71 Å². The molecule has 0 aromatic rings. The van der Waals surface area contributed by atoms with Crippen LogP contribution in [0.15, 0.2) is 5.16 Å². The van der Waals surface area contributed by atoms with Crippen LogP contribution >= 0.6 is 0 Å². The Morgan fingerprint density at radius 2 is 2.18 bits per heavy atom. The van der Waals surface area contributed by atoms with Crippen LogP contribution in [0.3, 0.4) is 0 Å². The fourth-order valence-electron chi connectivity index (χ4n) is 1.23. The zero-order chi connectivity index (χ0) is 8.27. The molecule has 0 aliphatic heterocycles. The van der Waals surface area contributed by atoms with E-state index in [4.69, 9.17) is 4.84 Å². The third kappa shape index (κ3) is 2.91. The molecule has 2 heteroatoms. The minimum absolute atomic E-state index is 0.699. The van der Waals surface area contributed by atoms with E-state index in [1.807, 2.05) is 0 Å². The number of oxime groups is 1. The molecule has 0 radical (unpaired) electrons. The molecule has 0 heterocycles. The van der Waals surface area contributed by atoms with Crippen molar-refractivity contribution in [1.29, 1.82) is 0 Å². The molecule has 2 nitrogen and oxygen atoms in total. The lowest BCUT2D eigenvalue weighted by Crippen LogP contribution is -2.05. The number of rotatable bonds is 4. The maximum atomic E-state index is 4.79. The highest BCUT2D eigenvalue weighted by Crippen LogP contribution is 2.32. The third-order valence-electron chi connectivity index (χ3n) is 1.87. The quantitative estimate of drug-likeness (QED) is 0.451. The van der Waals surface area contributed by atoms with E-state index in [0.717, 1.165) is 12.3 Å². The van der Waals surface area contributed by atoms with Crippen molar-refractivity contribution in [2.24, 2.45) is 17.0 Å². The van der Waals surface area contributed by atoms with Crippen LogP contribution in [-0.4, -0.2) is 12.8 Å². The summed E-state index contributed by atoms with van der Waals surface area (Å²) in [6.45, 7) is 4.43. The molecule has 0 saturated heterocycles. The fraction of sp³-hybridized carbons (Fsp3) is 0.889. The van der Waals surface area contributed by atoms with Crippen molar-refractivity contribution < 1.29 is 4.84 Å². The summed E-state index contributed by atoms with van der Waals surface area (Å²) in [5.74, 6) is 1.45. The summed E-state index contributed by atoms with van der Waals surface area (Å²) >= 11 is 0. The molecule has 11 heavy (non-hydrogen) atoms. The van der Waals surface area contributed by atoms with E-state index in [1.54, 1.807) is 7.11 Å². The van der Waals surface area contributed by atoms with Crippen LogP contribution < -0.4 is 0 Å². The van der Waals surface area contributed by atoms with Gasteiger partial charge in [-0.3, -0.25) is 0 Å². The first-order chi connectivity index (χ1) is 5.24.